The second-order valence-electron chi connectivity index (χ2n) is 11.9. The number of benzene rings is 1. The van der Waals surface area contributed by atoms with Crippen molar-refractivity contribution in [1.82, 2.24) is 9.80 Å². The number of esters is 1. The molecule has 2 amide bonds. The third kappa shape index (κ3) is 5.53. The number of hydrogen-bond donors (Lipinski definition) is 1. The van der Waals surface area contributed by atoms with E-state index in [2.05, 4.69) is 29.1 Å². The van der Waals surface area contributed by atoms with Crippen LogP contribution < -0.4 is 0 Å². The molecule has 0 aromatic heterocycles. The van der Waals surface area contributed by atoms with Crippen LogP contribution in [-0.4, -0.2) is 84.9 Å². The maximum absolute atomic E-state index is 14.6. The van der Waals surface area contributed by atoms with Crippen molar-refractivity contribution in [2.24, 2.45) is 11.8 Å². The average Bonchev–Trinajstić information content (AvgIpc) is 3.51. The fraction of sp³-hybridized carbons (Fsp3) is 0.581. The van der Waals surface area contributed by atoms with Crippen LogP contribution in [0.5, 0.6) is 0 Å². The molecule has 3 aliphatic heterocycles. The number of amides is 2. The van der Waals surface area contributed by atoms with E-state index in [0.717, 1.165) is 12.0 Å². The third-order valence-electron chi connectivity index (χ3n) is 8.34. The van der Waals surface area contributed by atoms with Crippen LogP contribution in [-0.2, 0) is 25.5 Å². The number of ether oxygens (including phenoxy) is 1. The SMILES string of the molecule is C=CCCCOC(=O)[C@H]1[C@H]2C(=O)N([C@@H](CO)Cc3ccccc3)C(C(=O)N(CC=C)C(C)(C)C)C23CC(Br)[C@@H]1S3. The summed E-state index contributed by atoms with van der Waals surface area (Å²) >= 11 is 5.38. The first-order valence-electron chi connectivity index (χ1n) is 14.0. The number of likely N-dealkylation sites (tertiary alicyclic amines) is 1. The van der Waals surface area contributed by atoms with Gasteiger partial charge in [0.15, 0.2) is 0 Å². The number of halogens is 1. The van der Waals surface area contributed by atoms with Crippen molar-refractivity contribution in [2.75, 3.05) is 19.8 Å². The number of allylic oxidation sites excluding steroid dienone is 1. The number of rotatable bonds is 12. The van der Waals surface area contributed by atoms with Crippen LogP contribution in [0, 0.1) is 11.8 Å². The van der Waals surface area contributed by atoms with Crippen LogP contribution >= 0.6 is 27.7 Å². The third-order valence-corrected chi connectivity index (χ3v) is 11.6. The Morgan fingerprint density at radius 2 is 1.98 bits per heavy atom. The Labute approximate surface area is 250 Å². The van der Waals surface area contributed by atoms with Gasteiger partial charge >= 0.3 is 5.97 Å². The van der Waals surface area contributed by atoms with Gasteiger partial charge in [-0.25, -0.2) is 0 Å². The van der Waals surface area contributed by atoms with Gasteiger partial charge in [-0.3, -0.25) is 14.4 Å². The molecular formula is C31H41BrN2O5S. The number of carbonyl (C=O) groups is 3. The number of unbranched alkanes of at least 4 members (excludes halogenated alkanes) is 1. The summed E-state index contributed by atoms with van der Waals surface area (Å²) in [4.78, 5) is 45.9. The molecule has 3 unspecified atom stereocenters. The van der Waals surface area contributed by atoms with E-state index >= 15 is 0 Å². The summed E-state index contributed by atoms with van der Waals surface area (Å²) in [5.41, 5.74) is 0.434. The van der Waals surface area contributed by atoms with Crippen molar-refractivity contribution in [3.63, 3.8) is 0 Å². The molecule has 1 spiro atoms. The number of nitrogens with zero attached hydrogens (tertiary/aromatic N) is 2. The number of aliphatic hydroxyl groups excluding tert-OH is 1. The number of carbonyl (C=O) groups excluding carboxylic acids is 3. The molecule has 7 nitrogen and oxygen atoms in total. The highest BCUT2D eigenvalue weighted by molar-refractivity contribution is 9.09. The Kier molecular flexibility index (Phi) is 9.57. The average molecular weight is 634 g/mol. The van der Waals surface area contributed by atoms with Crippen LogP contribution in [0.25, 0.3) is 0 Å². The normalized spacial score (nSPS) is 29.7. The summed E-state index contributed by atoms with van der Waals surface area (Å²) in [5.74, 6) is -2.18. The molecule has 0 aliphatic carbocycles. The summed E-state index contributed by atoms with van der Waals surface area (Å²) in [7, 11) is 0. The Balaban J connectivity index is 1.78. The van der Waals surface area contributed by atoms with E-state index in [4.69, 9.17) is 4.74 Å². The molecule has 2 bridgehead atoms. The van der Waals surface area contributed by atoms with Gasteiger partial charge in [0.2, 0.25) is 11.8 Å². The van der Waals surface area contributed by atoms with Crippen LogP contribution in [0.2, 0.25) is 0 Å². The molecule has 1 N–H and O–H groups in total. The predicted octanol–water partition coefficient (Wildman–Crippen LogP) is 4.38. The minimum atomic E-state index is -0.835. The molecule has 40 heavy (non-hydrogen) atoms. The summed E-state index contributed by atoms with van der Waals surface area (Å²) in [6.45, 7) is 13.8. The number of fused-ring (bicyclic) bond motifs is 1. The second kappa shape index (κ2) is 12.4. The predicted molar refractivity (Wildman–Crippen MR) is 162 cm³/mol. The molecule has 1 aromatic rings. The van der Waals surface area contributed by atoms with Crippen molar-refractivity contribution < 1.29 is 24.2 Å². The van der Waals surface area contributed by atoms with Gasteiger partial charge in [-0.1, -0.05) is 58.4 Å². The maximum Gasteiger partial charge on any atom is 0.310 e. The molecule has 4 rings (SSSR count). The van der Waals surface area contributed by atoms with Gasteiger partial charge in [-0.2, -0.15) is 0 Å². The van der Waals surface area contributed by atoms with Gasteiger partial charge in [0.1, 0.15) is 6.04 Å². The first-order chi connectivity index (χ1) is 19.0. The highest BCUT2D eigenvalue weighted by Gasteiger charge is 2.76. The maximum atomic E-state index is 14.6. The van der Waals surface area contributed by atoms with Gasteiger partial charge in [-0.15, -0.1) is 24.9 Å². The topological polar surface area (TPSA) is 87.1 Å². The number of alkyl halides is 1. The fourth-order valence-corrected chi connectivity index (χ4v) is 10.2. The molecular weight excluding hydrogens is 592 g/mol. The quantitative estimate of drug-likeness (QED) is 0.159. The summed E-state index contributed by atoms with van der Waals surface area (Å²) in [6, 6.07) is 8.21. The molecule has 3 aliphatic rings. The highest BCUT2D eigenvalue weighted by Crippen LogP contribution is 2.68. The zero-order chi connectivity index (χ0) is 29.2. The smallest absolute Gasteiger partial charge is 0.310 e. The molecule has 3 fully saturated rings. The van der Waals surface area contributed by atoms with Crippen molar-refractivity contribution in [2.45, 2.75) is 78.9 Å². The monoisotopic (exact) mass is 632 g/mol. The zero-order valence-corrected chi connectivity index (χ0v) is 26.0. The van der Waals surface area contributed by atoms with E-state index < -0.39 is 34.2 Å². The van der Waals surface area contributed by atoms with Gasteiger partial charge in [-0.05, 0) is 52.0 Å². The molecule has 3 heterocycles. The van der Waals surface area contributed by atoms with E-state index in [1.165, 1.54) is 0 Å². The molecule has 7 atom stereocenters. The lowest BCUT2D eigenvalue weighted by Crippen LogP contribution is -2.61. The van der Waals surface area contributed by atoms with Gasteiger partial charge in [0.25, 0.3) is 0 Å². The van der Waals surface area contributed by atoms with Gasteiger partial charge in [0.05, 0.1) is 35.8 Å². The number of aliphatic hydroxyl groups is 1. The minimum Gasteiger partial charge on any atom is -0.465 e. The van der Waals surface area contributed by atoms with Gasteiger partial charge < -0.3 is 19.6 Å². The Morgan fingerprint density at radius 3 is 2.58 bits per heavy atom. The molecule has 9 heteroatoms. The fourth-order valence-electron chi connectivity index (χ4n) is 6.61. The minimum absolute atomic E-state index is 0.0493. The molecule has 218 valence electrons. The van der Waals surface area contributed by atoms with E-state index in [9.17, 15) is 19.5 Å². The summed E-state index contributed by atoms with van der Waals surface area (Å²) in [5, 5.41) is 10.5. The van der Waals surface area contributed by atoms with E-state index in [1.54, 1.807) is 33.7 Å². The largest absolute Gasteiger partial charge is 0.465 e. The molecule has 1 aromatic carbocycles. The first-order valence-corrected chi connectivity index (χ1v) is 15.8. The summed E-state index contributed by atoms with van der Waals surface area (Å²) < 4.78 is 4.87. The van der Waals surface area contributed by atoms with Crippen LogP contribution in [0.15, 0.2) is 55.6 Å². The zero-order valence-electron chi connectivity index (χ0n) is 23.6. The Bertz CT molecular complexity index is 1120. The lowest BCUT2D eigenvalue weighted by Gasteiger charge is -2.43. The van der Waals surface area contributed by atoms with E-state index in [0.29, 0.717) is 25.8 Å². The van der Waals surface area contributed by atoms with Crippen LogP contribution in [0.1, 0.15) is 45.6 Å². The number of thioether (sulfide) groups is 1. The van der Waals surface area contributed by atoms with Crippen molar-refractivity contribution in [1.29, 1.82) is 0 Å². The highest BCUT2D eigenvalue weighted by atomic mass is 79.9. The van der Waals surface area contributed by atoms with Crippen molar-refractivity contribution in [3.8, 4) is 0 Å². The summed E-state index contributed by atoms with van der Waals surface area (Å²) in [6.07, 6.45) is 5.85. The molecule has 0 radical (unpaired) electrons. The number of hydrogen-bond acceptors (Lipinski definition) is 6. The Morgan fingerprint density at radius 1 is 1.27 bits per heavy atom. The first kappa shape index (κ1) is 30.8. The lowest BCUT2D eigenvalue weighted by atomic mass is 9.71. The van der Waals surface area contributed by atoms with Crippen molar-refractivity contribution >= 4 is 45.5 Å². The van der Waals surface area contributed by atoms with E-state index in [1.807, 2.05) is 51.1 Å². The Hall–Kier alpha value is -2.10. The van der Waals surface area contributed by atoms with Crippen LogP contribution in [0.3, 0.4) is 0 Å². The lowest BCUT2D eigenvalue weighted by molar-refractivity contribution is -0.154. The standard InChI is InChI=1S/C31H41BrN2O5S/c1-6-8-12-16-39-29(38)23-24-27(36)34(21(19-35)17-20-13-10-9-11-14-20)26(31(24)18-22(32)25(23)40-31)28(37)33(15-7-2)30(3,4)5/h6-7,9-11,13-14,21-26,35H,1-2,8,12,15-19H2,3-5H3/t21-,22?,23+,24+,25+,26?,31?/m1/s1. The second-order valence-corrected chi connectivity index (χ2v) is 14.7. The van der Waals surface area contributed by atoms with Crippen molar-refractivity contribution in [3.05, 3.63) is 61.2 Å². The molecule has 0 saturated carbocycles. The van der Waals surface area contributed by atoms with Crippen LogP contribution in [0.4, 0.5) is 0 Å². The molecule has 3 saturated heterocycles. The van der Waals surface area contributed by atoms with Gasteiger partial charge in [0, 0.05) is 22.2 Å². The van der Waals surface area contributed by atoms with E-state index in [-0.39, 0.29) is 41.1 Å².